The summed E-state index contributed by atoms with van der Waals surface area (Å²) in [6.07, 6.45) is 0. The third-order valence-electron chi connectivity index (χ3n) is 3.72. The SMILES string of the molecule is CC(C)(c1ccc(S(=O)(=O)F)cc1)c1ccc(S(=O)(=O)F)cc1. The minimum absolute atomic E-state index is 0.434. The topological polar surface area (TPSA) is 68.3 Å². The van der Waals surface area contributed by atoms with Gasteiger partial charge in [0.15, 0.2) is 0 Å². The Balaban J connectivity index is 2.42. The second-order valence-corrected chi connectivity index (χ2v) is 8.24. The fraction of sp³-hybridized carbons (Fsp3) is 0.200. The lowest BCUT2D eigenvalue weighted by Gasteiger charge is -2.26. The Bertz CT molecular complexity index is 837. The highest BCUT2D eigenvalue weighted by Crippen LogP contribution is 2.32. The highest BCUT2D eigenvalue weighted by Gasteiger charge is 2.24. The van der Waals surface area contributed by atoms with Crippen LogP contribution in [-0.4, -0.2) is 16.8 Å². The summed E-state index contributed by atoms with van der Waals surface area (Å²) in [4.78, 5) is -0.869. The van der Waals surface area contributed by atoms with Gasteiger partial charge in [-0.05, 0) is 35.4 Å². The van der Waals surface area contributed by atoms with Crippen LogP contribution in [0.1, 0.15) is 25.0 Å². The van der Waals surface area contributed by atoms with Crippen molar-refractivity contribution < 1.29 is 24.6 Å². The Hall–Kier alpha value is -1.80. The molecule has 8 heteroatoms. The van der Waals surface area contributed by atoms with Crippen LogP contribution >= 0.6 is 0 Å². The first kappa shape index (κ1) is 17.6. The van der Waals surface area contributed by atoms with Crippen LogP contribution in [-0.2, 0) is 25.9 Å². The highest BCUT2D eigenvalue weighted by molar-refractivity contribution is 7.86. The molecule has 0 N–H and O–H groups in total. The van der Waals surface area contributed by atoms with Crippen LogP contribution in [0.15, 0.2) is 58.3 Å². The van der Waals surface area contributed by atoms with Crippen molar-refractivity contribution in [3.05, 3.63) is 59.7 Å². The second-order valence-electron chi connectivity index (χ2n) is 5.55. The van der Waals surface area contributed by atoms with Gasteiger partial charge in [-0.1, -0.05) is 38.1 Å². The van der Waals surface area contributed by atoms with Gasteiger partial charge >= 0.3 is 20.4 Å². The lowest BCUT2D eigenvalue weighted by atomic mass is 9.78. The zero-order valence-electron chi connectivity index (χ0n) is 12.3. The molecule has 0 amide bonds. The summed E-state index contributed by atoms with van der Waals surface area (Å²) in [5.41, 5.74) is 0.776. The summed E-state index contributed by atoms with van der Waals surface area (Å²) >= 11 is 0. The van der Waals surface area contributed by atoms with Gasteiger partial charge in [0.1, 0.15) is 0 Å². The standard InChI is InChI=1S/C15H14F2O4S2/c1-15(2,11-3-7-13(8-4-11)22(16,18)19)12-5-9-14(10-6-12)23(17,20)21/h3-10H,1-2H3. The predicted molar refractivity (Wildman–Crippen MR) is 81.6 cm³/mol. The zero-order valence-corrected chi connectivity index (χ0v) is 14.0. The molecule has 0 spiro atoms. The zero-order chi connectivity index (χ0) is 17.5. The number of rotatable bonds is 4. The maximum Gasteiger partial charge on any atom is 0.332 e. The predicted octanol–water partition coefficient (Wildman–Crippen LogP) is 3.33. The summed E-state index contributed by atoms with van der Waals surface area (Å²) in [6, 6.07) is 10.6. The third kappa shape index (κ3) is 3.76. The van der Waals surface area contributed by atoms with E-state index in [0.29, 0.717) is 11.1 Å². The van der Waals surface area contributed by atoms with Crippen LogP contribution in [0.2, 0.25) is 0 Å². The van der Waals surface area contributed by atoms with E-state index >= 15 is 0 Å². The quantitative estimate of drug-likeness (QED) is 0.785. The molecular formula is C15H14F2O4S2. The molecular weight excluding hydrogens is 346 g/mol. The molecule has 4 nitrogen and oxygen atoms in total. The Morgan fingerprint density at radius 2 is 0.913 bits per heavy atom. The number of benzene rings is 2. The summed E-state index contributed by atoms with van der Waals surface area (Å²) in [6.45, 7) is 3.65. The Labute approximate surface area is 134 Å². The third-order valence-corrected chi connectivity index (χ3v) is 5.39. The van der Waals surface area contributed by atoms with Gasteiger partial charge in [0.05, 0.1) is 9.79 Å². The van der Waals surface area contributed by atoms with Crippen LogP contribution in [0.5, 0.6) is 0 Å². The molecule has 0 radical (unpaired) electrons. The molecule has 0 saturated heterocycles. The van der Waals surface area contributed by atoms with Gasteiger partial charge in [-0.2, -0.15) is 16.8 Å². The van der Waals surface area contributed by atoms with Crippen LogP contribution in [0.3, 0.4) is 0 Å². The average Bonchev–Trinajstić information content (AvgIpc) is 2.46. The lowest BCUT2D eigenvalue weighted by molar-refractivity contribution is 0.550. The minimum Gasteiger partial charge on any atom is -0.189 e. The van der Waals surface area contributed by atoms with Gasteiger partial charge in [0.2, 0.25) is 0 Å². The maximum absolute atomic E-state index is 12.9. The molecule has 0 saturated carbocycles. The first-order chi connectivity index (χ1) is 10.4. The van der Waals surface area contributed by atoms with E-state index in [9.17, 15) is 24.6 Å². The maximum atomic E-state index is 12.9. The van der Waals surface area contributed by atoms with E-state index in [1.54, 1.807) is 0 Å². The van der Waals surface area contributed by atoms with Crippen LogP contribution in [0.4, 0.5) is 7.77 Å². The van der Waals surface area contributed by atoms with Crippen molar-refractivity contribution in [2.75, 3.05) is 0 Å². The van der Waals surface area contributed by atoms with E-state index < -0.39 is 35.7 Å². The molecule has 0 aliphatic carbocycles. The first-order valence-corrected chi connectivity index (χ1v) is 9.29. The van der Waals surface area contributed by atoms with Crippen molar-refractivity contribution in [1.82, 2.24) is 0 Å². The summed E-state index contributed by atoms with van der Waals surface area (Å²) in [7, 11) is -9.52. The summed E-state index contributed by atoms with van der Waals surface area (Å²) < 4.78 is 69.2. The molecule has 0 heterocycles. The molecule has 2 rings (SSSR count). The van der Waals surface area contributed by atoms with Crippen molar-refractivity contribution in [2.45, 2.75) is 29.1 Å². The molecule has 0 aromatic heterocycles. The Morgan fingerprint density at radius 3 is 1.13 bits per heavy atom. The van der Waals surface area contributed by atoms with Gasteiger partial charge < -0.3 is 0 Å². The van der Waals surface area contributed by atoms with Gasteiger partial charge in [-0.3, -0.25) is 0 Å². The Morgan fingerprint density at radius 1 is 0.652 bits per heavy atom. The average molecular weight is 360 g/mol. The summed E-state index contributed by atoms with van der Waals surface area (Å²) in [5, 5.41) is 0. The fourth-order valence-electron chi connectivity index (χ4n) is 2.23. The molecule has 2 aromatic rings. The van der Waals surface area contributed by atoms with E-state index in [2.05, 4.69) is 0 Å². The second kappa shape index (κ2) is 5.68. The molecule has 0 aliphatic rings. The lowest BCUT2D eigenvalue weighted by Crippen LogP contribution is -2.19. The van der Waals surface area contributed by atoms with Crippen LogP contribution < -0.4 is 0 Å². The van der Waals surface area contributed by atoms with Gasteiger partial charge in [0.25, 0.3) is 0 Å². The number of hydrogen-bond acceptors (Lipinski definition) is 4. The van der Waals surface area contributed by atoms with E-state index in [1.807, 2.05) is 13.8 Å². The molecule has 2 aromatic carbocycles. The first-order valence-electron chi connectivity index (χ1n) is 6.53. The summed E-state index contributed by atoms with van der Waals surface area (Å²) in [5.74, 6) is 0. The molecule has 0 fully saturated rings. The van der Waals surface area contributed by atoms with Gasteiger partial charge in [0, 0.05) is 5.41 Å². The van der Waals surface area contributed by atoms with E-state index in [-0.39, 0.29) is 0 Å². The van der Waals surface area contributed by atoms with Crippen molar-refractivity contribution in [2.24, 2.45) is 0 Å². The monoisotopic (exact) mass is 360 g/mol. The Kier molecular flexibility index (Phi) is 4.34. The van der Waals surface area contributed by atoms with E-state index in [0.717, 1.165) is 24.3 Å². The normalized spacial score (nSPS) is 13.0. The van der Waals surface area contributed by atoms with Crippen molar-refractivity contribution in [3.8, 4) is 0 Å². The largest absolute Gasteiger partial charge is 0.332 e. The van der Waals surface area contributed by atoms with Crippen molar-refractivity contribution in [3.63, 3.8) is 0 Å². The highest BCUT2D eigenvalue weighted by atomic mass is 32.3. The molecule has 0 bridgehead atoms. The van der Waals surface area contributed by atoms with Crippen molar-refractivity contribution in [1.29, 1.82) is 0 Å². The molecule has 0 aliphatic heterocycles. The van der Waals surface area contributed by atoms with E-state index in [1.165, 1.54) is 24.3 Å². The van der Waals surface area contributed by atoms with Gasteiger partial charge in [-0.25, -0.2) is 0 Å². The smallest absolute Gasteiger partial charge is 0.189 e. The number of halogens is 2. The van der Waals surface area contributed by atoms with Gasteiger partial charge in [-0.15, -0.1) is 7.77 Å². The van der Waals surface area contributed by atoms with Crippen LogP contribution in [0.25, 0.3) is 0 Å². The fourth-order valence-corrected chi connectivity index (χ4v) is 3.16. The molecule has 0 unspecified atom stereocenters. The molecule has 0 atom stereocenters. The molecule has 23 heavy (non-hydrogen) atoms. The van der Waals surface area contributed by atoms with Crippen LogP contribution in [0, 0.1) is 0 Å². The van der Waals surface area contributed by atoms with E-state index in [4.69, 9.17) is 0 Å². The number of hydrogen-bond donors (Lipinski definition) is 0. The molecule has 124 valence electrons. The van der Waals surface area contributed by atoms with Crippen molar-refractivity contribution >= 4 is 20.4 Å². The minimum atomic E-state index is -4.76.